The maximum Gasteiger partial charge on any atom is 0.338 e. The van der Waals surface area contributed by atoms with Crippen molar-refractivity contribution in [3.63, 3.8) is 0 Å². The molecule has 198 valence electrons. The van der Waals surface area contributed by atoms with Crippen molar-refractivity contribution in [2.75, 3.05) is 6.61 Å². The van der Waals surface area contributed by atoms with E-state index in [2.05, 4.69) is 4.99 Å². The largest absolute Gasteiger partial charge is 0.463 e. The molecule has 0 saturated carbocycles. The molecule has 2 aromatic carbocycles. The number of benzene rings is 2. The van der Waals surface area contributed by atoms with Crippen LogP contribution in [0.25, 0.3) is 17.4 Å². The van der Waals surface area contributed by atoms with Crippen molar-refractivity contribution in [2.45, 2.75) is 19.9 Å². The summed E-state index contributed by atoms with van der Waals surface area (Å²) in [5, 5.41) is 11.7. The number of carbonyl (C=O) groups is 1. The van der Waals surface area contributed by atoms with Crippen LogP contribution < -0.4 is 14.9 Å². The highest BCUT2D eigenvalue weighted by Crippen LogP contribution is 2.34. The molecule has 5 rings (SSSR count). The SMILES string of the molecule is CCOC(=O)C1=C(C)N=c2s/c(=C\c3ccc(-c4ccc(Cl)cc4[N+](=O)[O-])o3)c(=O)n2C1c1ccc(F)cc1. The minimum atomic E-state index is -0.882. The van der Waals surface area contributed by atoms with Crippen LogP contribution in [-0.4, -0.2) is 22.1 Å². The Balaban J connectivity index is 1.63. The molecule has 0 N–H and O–H groups in total. The number of nitro groups is 1. The predicted octanol–water partition coefficient (Wildman–Crippen LogP) is 4.76. The van der Waals surface area contributed by atoms with Crippen LogP contribution >= 0.6 is 22.9 Å². The van der Waals surface area contributed by atoms with Gasteiger partial charge in [-0.2, -0.15) is 0 Å². The van der Waals surface area contributed by atoms with Crippen LogP contribution in [0.5, 0.6) is 0 Å². The molecule has 0 fully saturated rings. The zero-order chi connectivity index (χ0) is 27.8. The molecule has 1 aliphatic rings. The van der Waals surface area contributed by atoms with Gasteiger partial charge < -0.3 is 9.15 Å². The third-order valence-electron chi connectivity index (χ3n) is 6.02. The first kappa shape index (κ1) is 26.3. The number of hydrogen-bond acceptors (Lipinski definition) is 8. The normalized spacial score (nSPS) is 15.2. The number of nitro benzene ring substituents is 1. The van der Waals surface area contributed by atoms with Crippen molar-refractivity contribution in [2.24, 2.45) is 4.99 Å². The Hall–Kier alpha value is -4.35. The molecule has 4 aromatic rings. The van der Waals surface area contributed by atoms with E-state index in [0.717, 1.165) is 11.3 Å². The van der Waals surface area contributed by atoms with Gasteiger partial charge in [-0.3, -0.25) is 19.5 Å². The summed E-state index contributed by atoms with van der Waals surface area (Å²) in [6.45, 7) is 3.45. The molecular formula is C27H19ClFN3O6S. The molecule has 0 radical (unpaired) electrons. The first-order valence-corrected chi connectivity index (χ1v) is 12.9. The summed E-state index contributed by atoms with van der Waals surface area (Å²) in [5.74, 6) is -0.581. The zero-order valence-electron chi connectivity index (χ0n) is 20.5. The van der Waals surface area contributed by atoms with E-state index < -0.39 is 28.3 Å². The fourth-order valence-corrected chi connectivity index (χ4v) is 5.51. The van der Waals surface area contributed by atoms with Crippen LogP contribution in [0.3, 0.4) is 0 Å². The molecule has 1 aliphatic heterocycles. The van der Waals surface area contributed by atoms with E-state index in [-0.39, 0.29) is 44.5 Å². The number of aromatic nitrogens is 1. The Morgan fingerprint density at radius 2 is 2.00 bits per heavy atom. The van der Waals surface area contributed by atoms with Gasteiger partial charge in [0, 0.05) is 17.2 Å². The second kappa shape index (κ2) is 10.4. The maximum atomic E-state index is 13.7. The smallest absolute Gasteiger partial charge is 0.338 e. The van der Waals surface area contributed by atoms with Crippen molar-refractivity contribution in [3.8, 4) is 11.3 Å². The number of allylic oxidation sites excluding steroid dienone is 1. The van der Waals surface area contributed by atoms with Crippen LogP contribution in [0.2, 0.25) is 5.02 Å². The van der Waals surface area contributed by atoms with E-state index in [4.69, 9.17) is 20.8 Å². The van der Waals surface area contributed by atoms with Crippen LogP contribution in [-0.2, 0) is 9.53 Å². The van der Waals surface area contributed by atoms with E-state index in [1.54, 1.807) is 26.0 Å². The minimum Gasteiger partial charge on any atom is -0.463 e. The highest BCUT2D eigenvalue weighted by Gasteiger charge is 2.33. The lowest BCUT2D eigenvalue weighted by Crippen LogP contribution is -2.39. The number of thiazole rings is 1. The molecule has 0 aliphatic carbocycles. The summed E-state index contributed by atoms with van der Waals surface area (Å²) < 4.78 is 26.4. The first-order valence-electron chi connectivity index (χ1n) is 11.7. The third kappa shape index (κ3) is 4.93. The highest BCUT2D eigenvalue weighted by atomic mass is 35.5. The molecule has 1 unspecified atom stereocenters. The number of esters is 1. The molecule has 1 atom stereocenters. The summed E-state index contributed by atoms with van der Waals surface area (Å²) in [4.78, 5) is 42.3. The number of hydrogen-bond donors (Lipinski definition) is 0. The predicted molar refractivity (Wildman–Crippen MR) is 143 cm³/mol. The van der Waals surface area contributed by atoms with Crippen LogP contribution in [0.1, 0.15) is 31.2 Å². The summed E-state index contributed by atoms with van der Waals surface area (Å²) >= 11 is 7.00. The highest BCUT2D eigenvalue weighted by molar-refractivity contribution is 7.07. The molecule has 0 saturated heterocycles. The Bertz CT molecular complexity index is 1840. The molecule has 12 heteroatoms. The summed E-state index contributed by atoms with van der Waals surface area (Å²) in [5.41, 5.74) is 0.638. The zero-order valence-corrected chi connectivity index (χ0v) is 22.1. The van der Waals surface area contributed by atoms with Crippen molar-refractivity contribution in [3.05, 3.63) is 118 Å². The quantitative estimate of drug-likeness (QED) is 0.188. The minimum absolute atomic E-state index is 0.128. The van der Waals surface area contributed by atoms with Crippen LogP contribution in [0, 0.1) is 15.9 Å². The number of nitrogens with zero attached hydrogens (tertiary/aromatic N) is 3. The third-order valence-corrected chi connectivity index (χ3v) is 7.24. The lowest BCUT2D eigenvalue weighted by Gasteiger charge is -2.24. The Kier molecular flexibility index (Phi) is 7.02. The topological polar surface area (TPSA) is 117 Å². The first-order chi connectivity index (χ1) is 18.7. The van der Waals surface area contributed by atoms with Gasteiger partial charge in [0.25, 0.3) is 11.2 Å². The van der Waals surface area contributed by atoms with E-state index in [1.165, 1.54) is 53.1 Å². The average Bonchev–Trinajstić information content (AvgIpc) is 3.48. The van der Waals surface area contributed by atoms with Gasteiger partial charge in [0.15, 0.2) is 4.80 Å². The van der Waals surface area contributed by atoms with Gasteiger partial charge in [-0.05, 0) is 55.8 Å². The van der Waals surface area contributed by atoms with Gasteiger partial charge in [-0.1, -0.05) is 35.1 Å². The molecule has 39 heavy (non-hydrogen) atoms. The number of fused-ring (bicyclic) bond motifs is 1. The van der Waals surface area contributed by atoms with Gasteiger partial charge >= 0.3 is 5.97 Å². The molecule has 0 spiro atoms. The second-order valence-corrected chi connectivity index (χ2v) is 9.92. The number of ether oxygens (including phenoxy) is 1. The maximum absolute atomic E-state index is 13.7. The molecule has 9 nitrogen and oxygen atoms in total. The number of carbonyl (C=O) groups excluding carboxylic acids is 1. The molecule has 0 bridgehead atoms. The van der Waals surface area contributed by atoms with Crippen molar-refractivity contribution < 1.29 is 23.3 Å². The monoisotopic (exact) mass is 567 g/mol. The van der Waals surface area contributed by atoms with E-state index in [1.807, 2.05) is 0 Å². The summed E-state index contributed by atoms with van der Waals surface area (Å²) in [6, 6.07) is 12.0. The summed E-state index contributed by atoms with van der Waals surface area (Å²) in [6.07, 6.45) is 1.50. The van der Waals surface area contributed by atoms with E-state index in [0.29, 0.717) is 16.1 Å². The standard InChI is InChI=1S/C27H19ClFN3O6S/c1-3-37-26(34)23-14(2)30-27-31(24(23)15-4-7-17(29)8-5-15)25(33)22(39-27)13-18-9-11-21(38-18)19-10-6-16(28)12-20(19)32(35)36/h4-13,24H,3H2,1-2H3/b22-13-. The fraction of sp³-hybridized carbons (Fsp3) is 0.148. The van der Waals surface area contributed by atoms with Gasteiger partial charge in [0.1, 0.15) is 17.3 Å². The van der Waals surface area contributed by atoms with Crippen molar-refractivity contribution >= 4 is 40.7 Å². The molecule has 3 heterocycles. The second-order valence-electron chi connectivity index (χ2n) is 8.47. The fourth-order valence-electron chi connectivity index (χ4n) is 4.32. The number of furan rings is 1. The Morgan fingerprint density at radius 3 is 2.69 bits per heavy atom. The molecular weight excluding hydrogens is 549 g/mol. The molecule has 2 aromatic heterocycles. The van der Waals surface area contributed by atoms with Crippen molar-refractivity contribution in [1.82, 2.24) is 4.57 Å². The van der Waals surface area contributed by atoms with E-state index >= 15 is 0 Å². The van der Waals surface area contributed by atoms with Gasteiger partial charge in [0.2, 0.25) is 0 Å². The van der Waals surface area contributed by atoms with Gasteiger partial charge in [0.05, 0.1) is 38.9 Å². The Morgan fingerprint density at radius 1 is 1.26 bits per heavy atom. The van der Waals surface area contributed by atoms with E-state index in [9.17, 15) is 24.1 Å². The van der Waals surface area contributed by atoms with Crippen LogP contribution in [0.15, 0.2) is 80.1 Å². The molecule has 0 amide bonds. The number of halogens is 2. The van der Waals surface area contributed by atoms with Gasteiger partial charge in [-0.15, -0.1) is 0 Å². The van der Waals surface area contributed by atoms with Crippen LogP contribution in [0.4, 0.5) is 10.1 Å². The van der Waals surface area contributed by atoms with Gasteiger partial charge in [-0.25, -0.2) is 14.2 Å². The average molecular weight is 568 g/mol. The lowest BCUT2D eigenvalue weighted by atomic mass is 9.96. The Labute approximate surface area is 228 Å². The number of rotatable bonds is 6. The van der Waals surface area contributed by atoms with Crippen molar-refractivity contribution in [1.29, 1.82) is 0 Å². The summed E-state index contributed by atoms with van der Waals surface area (Å²) in [7, 11) is 0. The lowest BCUT2D eigenvalue weighted by molar-refractivity contribution is -0.384.